The molecule has 0 aliphatic rings. The van der Waals surface area contributed by atoms with Crippen molar-refractivity contribution >= 4 is 11.8 Å². The van der Waals surface area contributed by atoms with Gasteiger partial charge in [0, 0.05) is 11.8 Å². The molecule has 1 aromatic rings. The van der Waals surface area contributed by atoms with Crippen molar-refractivity contribution in [1.82, 2.24) is 0 Å². The van der Waals surface area contributed by atoms with Gasteiger partial charge in [0.15, 0.2) is 0 Å². The van der Waals surface area contributed by atoms with E-state index in [4.69, 9.17) is 5.73 Å². The van der Waals surface area contributed by atoms with Crippen LogP contribution in [0, 0.1) is 0 Å². The zero-order valence-corrected chi connectivity index (χ0v) is 10.1. The van der Waals surface area contributed by atoms with Crippen LogP contribution >= 0.6 is 11.8 Å². The number of nitrogens with two attached hydrogens (primary N) is 1. The highest BCUT2D eigenvalue weighted by molar-refractivity contribution is 7.99. The van der Waals surface area contributed by atoms with E-state index < -0.39 is 0 Å². The molecule has 0 bridgehead atoms. The van der Waals surface area contributed by atoms with Crippen LogP contribution in [0.2, 0.25) is 0 Å². The number of phenolic OH excluding ortho intramolecular Hbond substituents is 1. The molecule has 0 fully saturated rings. The lowest BCUT2D eigenvalue weighted by Gasteiger charge is -2.13. The number of thioether (sulfide) groups is 1. The predicted octanol–water partition coefficient (Wildman–Crippen LogP) is 2.40. The third-order valence-corrected chi connectivity index (χ3v) is 3.34. The molecule has 0 radical (unpaired) electrons. The Morgan fingerprint density at radius 3 is 2.73 bits per heavy atom. The van der Waals surface area contributed by atoms with Crippen LogP contribution in [-0.2, 0) is 6.42 Å². The highest BCUT2D eigenvalue weighted by Crippen LogP contribution is 2.15. The van der Waals surface area contributed by atoms with Gasteiger partial charge in [-0.3, -0.25) is 0 Å². The molecule has 0 aliphatic carbocycles. The summed E-state index contributed by atoms with van der Waals surface area (Å²) < 4.78 is 0. The minimum absolute atomic E-state index is 0.166. The fourth-order valence-electron chi connectivity index (χ4n) is 1.36. The van der Waals surface area contributed by atoms with Crippen LogP contribution in [0.4, 0.5) is 0 Å². The van der Waals surface area contributed by atoms with E-state index in [-0.39, 0.29) is 6.04 Å². The Kier molecular flexibility index (Phi) is 4.99. The average Bonchev–Trinajstić information content (AvgIpc) is 2.15. The molecule has 0 saturated heterocycles. The van der Waals surface area contributed by atoms with Crippen LogP contribution < -0.4 is 5.73 Å². The van der Waals surface area contributed by atoms with E-state index in [9.17, 15) is 5.11 Å². The van der Waals surface area contributed by atoms with Crippen molar-refractivity contribution in [3.05, 3.63) is 29.8 Å². The van der Waals surface area contributed by atoms with Crippen LogP contribution in [-0.4, -0.2) is 22.2 Å². The lowest BCUT2D eigenvalue weighted by atomic mass is 10.1. The lowest BCUT2D eigenvalue weighted by Crippen LogP contribution is -2.26. The summed E-state index contributed by atoms with van der Waals surface area (Å²) in [5, 5.41) is 9.92. The first-order valence-electron chi connectivity index (χ1n) is 5.23. The van der Waals surface area contributed by atoms with Crippen LogP contribution in [0.15, 0.2) is 24.3 Å². The molecule has 0 spiro atoms. The summed E-state index contributed by atoms with van der Waals surface area (Å²) in [6.45, 7) is 4.34. The molecule has 0 saturated carbocycles. The second-order valence-electron chi connectivity index (χ2n) is 4.02. The second-order valence-corrected chi connectivity index (χ2v) is 5.63. The molecule has 3 heteroatoms. The second kappa shape index (κ2) is 6.03. The first kappa shape index (κ1) is 12.4. The maximum absolute atomic E-state index is 9.30. The molecule has 3 N–H and O–H groups in total. The van der Waals surface area contributed by atoms with Gasteiger partial charge >= 0.3 is 0 Å². The number of rotatable bonds is 5. The summed E-state index contributed by atoms with van der Waals surface area (Å²) in [5.41, 5.74) is 7.11. The fourth-order valence-corrected chi connectivity index (χ4v) is 2.11. The standard InChI is InChI=1S/C12H19NOS/c1-9(2)15-8-11(13)6-10-4-3-5-12(14)7-10/h3-5,7,9,11,14H,6,8,13H2,1-2H3. The van der Waals surface area contributed by atoms with Crippen molar-refractivity contribution in [2.24, 2.45) is 5.73 Å². The lowest BCUT2D eigenvalue weighted by molar-refractivity contribution is 0.474. The Labute approximate surface area is 95.9 Å². The molecule has 0 amide bonds. The number of hydrogen-bond acceptors (Lipinski definition) is 3. The first-order chi connectivity index (χ1) is 7.08. The van der Waals surface area contributed by atoms with Gasteiger partial charge in [-0.05, 0) is 29.4 Å². The van der Waals surface area contributed by atoms with Gasteiger partial charge in [-0.2, -0.15) is 11.8 Å². The van der Waals surface area contributed by atoms with E-state index in [0.717, 1.165) is 17.7 Å². The zero-order chi connectivity index (χ0) is 11.3. The Hall–Kier alpha value is -0.670. The molecule has 1 unspecified atom stereocenters. The van der Waals surface area contributed by atoms with Gasteiger partial charge < -0.3 is 10.8 Å². The van der Waals surface area contributed by atoms with Gasteiger partial charge in [-0.15, -0.1) is 0 Å². The van der Waals surface area contributed by atoms with Gasteiger partial charge in [0.2, 0.25) is 0 Å². The van der Waals surface area contributed by atoms with E-state index in [1.807, 2.05) is 23.9 Å². The molecular formula is C12H19NOS. The van der Waals surface area contributed by atoms with Crippen LogP contribution in [0.25, 0.3) is 0 Å². The number of aromatic hydroxyl groups is 1. The molecule has 0 heterocycles. The average molecular weight is 225 g/mol. The zero-order valence-electron chi connectivity index (χ0n) is 9.31. The van der Waals surface area contributed by atoms with Gasteiger partial charge in [-0.1, -0.05) is 26.0 Å². The predicted molar refractivity (Wildman–Crippen MR) is 67.4 cm³/mol. The molecule has 0 aliphatic heterocycles. The number of hydrogen-bond donors (Lipinski definition) is 2. The van der Waals surface area contributed by atoms with Crippen molar-refractivity contribution in [3.8, 4) is 5.75 Å². The summed E-state index contributed by atoms with van der Waals surface area (Å²) in [5.74, 6) is 1.28. The Morgan fingerprint density at radius 2 is 2.13 bits per heavy atom. The smallest absolute Gasteiger partial charge is 0.115 e. The van der Waals surface area contributed by atoms with Crippen molar-refractivity contribution < 1.29 is 5.11 Å². The third kappa shape index (κ3) is 5.09. The number of benzene rings is 1. The Balaban J connectivity index is 2.40. The molecule has 1 aromatic carbocycles. The van der Waals surface area contributed by atoms with E-state index in [1.165, 1.54) is 0 Å². The van der Waals surface area contributed by atoms with Crippen LogP contribution in [0.3, 0.4) is 0 Å². The van der Waals surface area contributed by atoms with Crippen LogP contribution in [0.1, 0.15) is 19.4 Å². The van der Waals surface area contributed by atoms with E-state index in [1.54, 1.807) is 12.1 Å². The molecule has 1 atom stereocenters. The van der Waals surface area contributed by atoms with E-state index in [2.05, 4.69) is 13.8 Å². The summed E-state index contributed by atoms with van der Waals surface area (Å²) in [7, 11) is 0. The highest BCUT2D eigenvalue weighted by Gasteiger charge is 2.06. The van der Waals surface area contributed by atoms with Crippen molar-refractivity contribution in [2.45, 2.75) is 31.6 Å². The first-order valence-corrected chi connectivity index (χ1v) is 6.28. The van der Waals surface area contributed by atoms with Crippen LogP contribution in [0.5, 0.6) is 5.75 Å². The molecule has 1 rings (SSSR count). The normalized spacial score (nSPS) is 13.1. The largest absolute Gasteiger partial charge is 0.508 e. The number of phenols is 1. The molecule has 84 valence electrons. The summed E-state index contributed by atoms with van der Waals surface area (Å²) in [6.07, 6.45) is 0.827. The molecule has 2 nitrogen and oxygen atoms in total. The monoisotopic (exact) mass is 225 g/mol. The molecule has 15 heavy (non-hydrogen) atoms. The summed E-state index contributed by atoms with van der Waals surface area (Å²) in [4.78, 5) is 0. The summed E-state index contributed by atoms with van der Waals surface area (Å²) >= 11 is 1.88. The molecular weight excluding hydrogens is 206 g/mol. The fraction of sp³-hybridized carbons (Fsp3) is 0.500. The highest BCUT2D eigenvalue weighted by atomic mass is 32.2. The topological polar surface area (TPSA) is 46.2 Å². The Morgan fingerprint density at radius 1 is 1.40 bits per heavy atom. The van der Waals surface area contributed by atoms with Crippen molar-refractivity contribution in [1.29, 1.82) is 0 Å². The van der Waals surface area contributed by atoms with Gasteiger partial charge in [0.1, 0.15) is 5.75 Å². The van der Waals surface area contributed by atoms with Gasteiger partial charge in [0.25, 0.3) is 0 Å². The Bertz CT molecular complexity index is 301. The maximum Gasteiger partial charge on any atom is 0.115 e. The minimum Gasteiger partial charge on any atom is -0.508 e. The maximum atomic E-state index is 9.30. The van der Waals surface area contributed by atoms with Gasteiger partial charge in [0.05, 0.1) is 0 Å². The SMILES string of the molecule is CC(C)SCC(N)Cc1cccc(O)c1. The minimum atomic E-state index is 0.166. The van der Waals surface area contributed by atoms with E-state index in [0.29, 0.717) is 11.0 Å². The molecule has 0 aromatic heterocycles. The van der Waals surface area contributed by atoms with Gasteiger partial charge in [-0.25, -0.2) is 0 Å². The third-order valence-electron chi connectivity index (χ3n) is 2.05. The quantitative estimate of drug-likeness (QED) is 0.809. The van der Waals surface area contributed by atoms with Crippen molar-refractivity contribution in [3.63, 3.8) is 0 Å². The summed E-state index contributed by atoms with van der Waals surface area (Å²) in [6, 6.07) is 7.48. The van der Waals surface area contributed by atoms with E-state index >= 15 is 0 Å². The van der Waals surface area contributed by atoms with Crippen molar-refractivity contribution in [2.75, 3.05) is 5.75 Å².